The third-order valence-corrected chi connectivity index (χ3v) is 3.83. The lowest BCUT2D eigenvalue weighted by molar-refractivity contribution is -0.113. The lowest BCUT2D eigenvalue weighted by Gasteiger charge is -2.15. The monoisotopic (exact) mass is 356 g/mol. The minimum absolute atomic E-state index is 0.133. The fraction of sp³-hybridized carbons (Fsp3) is 0.167. The largest absolute Gasteiger partial charge is 0.497 e. The zero-order valence-electron chi connectivity index (χ0n) is 13.8. The van der Waals surface area contributed by atoms with E-state index in [2.05, 4.69) is 20.6 Å². The van der Waals surface area contributed by atoms with Crippen LogP contribution in [0.2, 0.25) is 0 Å². The number of hydrogen-bond donors (Lipinski definition) is 2. The first-order valence-corrected chi connectivity index (χ1v) is 8.18. The summed E-state index contributed by atoms with van der Waals surface area (Å²) in [6.45, 7) is 1.84. The molecule has 0 aliphatic carbocycles. The van der Waals surface area contributed by atoms with E-state index in [1.165, 1.54) is 0 Å². The van der Waals surface area contributed by atoms with Gasteiger partial charge in [0.1, 0.15) is 23.3 Å². The van der Waals surface area contributed by atoms with Crippen LogP contribution in [0.25, 0.3) is 10.9 Å². The number of benzene rings is 2. The van der Waals surface area contributed by atoms with E-state index in [-0.39, 0.29) is 11.8 Å². The standard InChI is InChI=1S/C18H17ClN4O2/c1-11-20-14-6-4-3-5-13(14)18(21-11)23-15-8-7-12(25-2)9-16(15)22-17(24)10-19/h3-9H,10H2,1-2H3,(H,22,24)(H,20,21,23). The van der Waals surface area contributed by atoms with Gasteiger partial charge in [-0.25, -0.2) is 9.97 Å². The number of fused-ring (bicyclic) bond motifs is 1. The van der Waals surface area contributed by atoms with Crippen molar-refractivity contribution in [3.63, 3.8) is 0 Å². The molecule has 3 rings (SSSR count). The SMILES string of the molecule is COc1ccc(Nc2nc(C)nc3ccccc23)c(NC(=O)CCl)c1. The van der Waals surface area contributed by atoms with Gasteiger partial charge in [0.15, 0.2) is 0 Å². The summed E-state index contributed by atoms with van der Waals surface area (Å²) in [5.74, 6) is 1.50. The summed E-state index contributed by atoms with van der Waals surface area (Å²) in [4.78, 5) is 20.6. The number of aromatic nitrogens is 2. The average Bonchev–Trinajstić information content (AvgIpc) is 2.62. The molecule has 6 nitrogen and oxygen atoms in total. The summed E-state index contributed by atoms with van der Waals surface area (Å²) >= 11 is 5.60. The van der Waals surface area contributed by atoms with E-state index in [4.69, 9.17) is 16.3 Å². The molecule has 0 spiro atoms. The van der Waals surface area contributed by atoms with Gasteiger partial charge in [-0.15, -0.1) is 11.6 Å². The summed E-state index contributed by atoms with van der Waals surface area (Å²) in [6, 6.07) is 13.1. The van der Waals surface area contributed by atoms with Crippen molar-refractivity contribution < 1.29 is 9.53 Å². The van der Waals surface area contributed by atoms with Crippen LogP contribution < -0.4 is 15.4 Å². The minimum Gasteiger partial charge on any atom is -0.497 e. The lowest BCUT2D eigenvalue weighted by Crippen LogP contribution is -2.14. The molecule has 2 N–H and O–H groups in total. The lowest BCUT2D eigenvalue weighted by atomic mass is 10.2. The van der Waals surface area contributed by atoms with Crippen LogP contribution in [0.5, 0.6) is 5.75 Å². The zero-order valence-corrected chi connectivity index (χ0v) is 14.6. The Hall–Kier alpha value is -2.86. The van der Waals surface area contributed by atoms with E-state index in [1.54, 1.807) is 19.2 Å². The third kappa shape index (κ3) is 3.80. The maximum absolute atomic E-state index is 11.7. The summed E-state index contributed by atoms with van der Waals surface area (Å²) in [6.07, 6.45) is 0. The molecular formula is C18H17ClN4O2. The molecule has 1 amide bonds. The number of methoxy groups -OCH3 is 1. The number of nitrogens with zero attached hydrogens (tertiary/aromatic N) is 2. The number of carbonyl (C=O) groups is 1. The molecule has 2 aromatic carbocycles. The molecule has 0 aliphatic rings. The topological polar surface area (TPSA) is 76.1 Å². The third-order valence-electron chi connectivity index (χ3n) is 3.59. The minimum atomic E-state index is -0.304. The van der Waals surface area contributed by atoms with E-state index < -0.39 is 0 Å². The quantitative estimate of drug-likeness (QED) is 0.679. The van der Waals surface area contributed by atoms with Crippen LogP contribution in [-0.2, 0) is 4.79 Å². The van der Waals surface area contributed by atoms with Gasteiger partial charge in [-0.1, -0.05) is 12.1 Å². The number of ether oxygens (including phenoxy) is 1. The summed E-state index contributed by atoms with van der Waals surface area (Å²) in [5.41, 5.74) is 2.09. The van der Waals surface area contributed by atoms with Crippen molar-refractivity contribution >= 4 is 45.6 Å². The average molecular weight is 357 g/mol. The molecule has 0 fully saturated rings. The van der Waals surface area contributed by atoms with E-state index >= 15 is 0 Å². The number of aryl methyl sites for hydroxylation is 1. The summed E-state index contributed by atoms with van der Waals surface area (Å²) in [7, 11) is 1.57. The molecule has 0 aliphatic heterocycles. The molecule has 0 unspecified atom stereocenters. The van der Waals surface area contributed by atoms with Gasteiger partial charge >= 0.3 is 0 Å². The van der Waals surface area contributed by atoms with Crippen LogP contribution in [0.15, 0.2) is 42.5 Å². The van der Waals surface area contributed by atoms with Gasteiger partial charge in [-0.3, -0.25) is 4.79 Å². The van der Waals surface area contributed by atoms with Gasteiger partial charge in [-0.05, 0) is 31.2 Å². The van der Waals surface area contributed by atoms with Crippen LogP contribution in [-0.4, -0.2) is 28.9 Å². The smallest absolute Gasteiger partial charge is 0.239 e. The molecular weight excluding hydrogens is 340 g/mol. The fourth-order valence-electron chi connectivity index (χ4n) is 2.46. The van der Waals surface area contributed by atoms with Crippen molar-refractivity contribution in [2.45, 2.75) is 6.92 Å². The van der Waals surface area contributed by atoms with E-state index in [9.17, 15) is 4.79 Å². The number of halogens is 1. The van der Waals surface area contributed by atoms with Crippen molar-refractivity contribution in [1.29, 1.82) is 0 Å². The summed E-state index contributed by atoms with van der Waals surface area (Å²) in [5, 5.41) is 6.92. The Morgan fingerprint density at radius 1 is 1.16 bits per heavy atom. The Morgan fingerprint density at radius 3 is 2.72 bits per heavy atom. The second-order valence-corrected chi connectivity index (χ2v) is 5.62. The van der Waals surface area contributed by atoms with Gasteiger partial charge in [0.05, 0.1) is 24.0 Å². The van der Waals surface area contributed by atoms with Crippen LogP contribution >= 0.6 is 11.6 Å². The number of para-hydroxylation sites is 1. The van der Waals surface area contributed by atoms with Gasteiger partial charge in [0.25, 0.3) is 0 Å². The van der Waals surface area contributed by atoms with Gasteiger partial charge in [0, 0.05) is 11.5 Å². The van der Waals surface area contributed by atoms with Crippen molar-refractivity contribution in [2.24, 2.45) is 0 Å². The van der Waals surface area contributed by atoms with Crippen LogP contribution in [0.4, 0.5) is 17.2 Å². The van der Waals surface area contributed by atoms with Crippen LogP contribution in [0.3, 0.4) is 0 Å². The number of amides is 1. The van der Waals surface area contributed by atoms with Crippen molar-refractivity contribution in [1.82, 2.24) is 9.97 Å². The maximum atomic E-state index is 11.7. The number of hydrogen-bond acceptors (Lipinski definition) is 5. The van der Waals surface area contributed by atoms with Crippen molar-refractivity contribution in [2.75, 3.05) is 23.6 Å². The van der Waals surface area contributed by atoms with E-state index in [1.807, 2.05) is 37.3 Å². The normalized spacial score (nSPS) is 10.5. The molecule has 1 heterocycles. The molecule has 0 radical (unpaired) electrons. The first-order valence-electron chi connectivity index (χ1n) is 7.65. The Kier molecular flexibility index (Phi) is 5.00. The van der Waals surface area contributed by atoms with Gasteiger partial charge in [0.2, 0.25) is 5.91 Å². The zero-order chi connectivity index (χ0) is 17.8. The molecule has 0 saturated carbocycles. The molecule has 0 atom stereocenters. The Bertz CT molecular complexity index is 930. The van der Waals surface area contributed by atoms with Crippen molar-refractivity contribution in [3.8, 4) is 5.75 Å². The molecule has 0 bridgehead atoms. The van der Waals surface area contributed by atoms with Crippen LogP contribution in [0, 0.1) is 6.92 Å². The maximum Gasteiger partial charge on any atom is 0.239 e. The van der Waals surface area contributed by atoms with Crippen molar-refractivity contribution in [3.05, 3.63) is 48.3 Å². The number of carbonyl (C=O) groups excluding carboxylic acids is 1. The number of nitrogens with one attached hydrogen (secondary N) is 2. The summed E-state index contributed by atoms with van der Waals surface area (Å²) < 4.78 is 5.23. The molecule has 25 heavy (non-hydrogen) atoms. The second kappa shape index (κ2) is 7.36. The number of rotatable bonds is 5. The Morgan fingerprint density at radius 2 is 1.96 bits per heavy atom. The predicted octanol–water partition coefficient (Wildman–Crippen LogP) is 3.87. The van der Waals surface area contributed by atoms with Gasteiger partial charge in [-0.2, -0.15) is 0 Å². The first kappa shape index (κ1) is 17.0. The molecule has 0 saturated heterocycles. The Balaban J connectivity index is 2.04. The highest BCUT2D eigenvalue weighted by Crippen LogP contribution is 2.31. The fourth-order valence-corrected chi connectivity index (χ4v) is 2.53. The molecule has 128 valence electrons. The number of anilines is 3. The van der Waals surface area contributed by atoms with E-state index in [0.29, 0.717) is 28.8 Å². The Labute approximate surface area is 150 Å². The van der Waals surface area contributed by atoms with Crippen LogP contribution in [0.1, 0.15) is 5.82 Å². The highest BCUT2D eigenvalue weighted by atomic mass is 35.5. The molecule has 1 aromatic heterocycles. The predicted molar refractivity (Wildman–Crippen MR) is 99.9 cm³/mol. The van der Waals surface area contributed by atoms with E-state index in [0.717, 1.165) is 10.9 Å². The second-order valence-electron chi connectivity index (χ2n) is 5.35. The molecule has 3 aromatic rings. The van der Waals surface area contributed by atoms with Gasteiger partial charge < -0.3 is 15.4 Å². The number of alkyl halides is 1. The highest BCUT2D eigenvalue weighted by Gasteiger charge is 2.11. The molecule has 7 heteroatoms. The highest BCUT2D eigenvalue weighted by molar-refractivity contribution is 6.29. The first-order chi connectivity index (χ1) is 12.1.